The Bertz CT molecular complexity index is 1640. The molecule has 0 aliphatic carbocycles. The molecule has 12 heteroatoms. The first-order chi connectivity index (χ1) is 23.6. The summed E-state index contributed by atoms with van der Waals surface area (Å²) in [6.45, 7) is 2.64. The third-order valence-electron chi connectivity index (χ3n) is 8.50. The van der Waals surface area contributed by atoms with E-state index in [4.69, 9.17) is 14.9 Å². The van der Waals surface area contributed by atoms with Crippen molar-refractivity contribution in [1.82, 2.24) is 15.2 Å². The number of alkyl halides is 3. The first-order valence-corrected chi connectivity index (χ1v) is 16.5. The molecule has 8 nitrogen and oxygen atoms in total. The van der Waals surface area contributed by atoms with E-state index in [-0.39, 0.29) is 34.9 Å². The smallest absolute Gasteiger partial charge is 0.393 e. The fraction of sp³-hybridized carbons (Fsp3) is 0.378. The standard InChI is InChI=1S/C37H41F4N5O3/c1-43-32(47)12-8-19-46-18-7-11-28(24-46)49-33-17-15-27(23-44-33)35(30(22-37(39,40)41)25-9-3-2-4-10-25)26-14-16-31(29(21-26)36(38)42)45-34-13-5-6-20-48-34/h2-4,8-10,12,14-17,21,23,28,34,42,45H,5-7,11,13,18-20,22,24H2,1H3,(H,43,47)/b12-8+,35-30-,42-36?/t28-,34?/m1/s1. The Hall–Kier alpha value is -4.55. The minimum absolute atomic E-state index is 0.0102. The molecule has 0 spiro atoms. The summed E-state index contributed by atoms with van der Waals surface area (Å²) < 4.78 is 69.3. The van der Waals surface area contributed by atoms with Crippen molar-refractivity contribution in [2.75, 3.05) is 38.6 Å². The van der Waals surface area contributed by atoms with Gasteiger partial charge < -0.3 is 20.1 Å². The number of piperidine rings is 1. The second kappa shape index (κ2) is 16.7. The van der Waals surface area contributed by atoms with Crippen molar-refractivity contribution in [3.8, 4) is 5.88 Å². The maximum atomic E-state index is 14.8. The van der Waals surface area contributed by atoms with Gasteiger partial charge in [0.2, 0.25) is 17.8 Å². The van der Waals surface area contributed by atoms with Crippen molar-refractivity contribution in [3.63, 3.8) is 0 Å². The van der Waals surface area contributed by atoms with Gasteiger partial charge in [-0.3, -0.25) is 15.1 Å². The van der Waals surface area contributed by atoms with E-state index in [2.05, 4.69) is 20.5 Å². The van der Waals surface area contributed by atoms with Crippen molar-refractivity contribution < 1.29 is 31.8 Å². The van der Waals surface area contributed by atoms with Gasteiger partial charge in [-0.05, 0) is 79.1 Å². The minimum atomic E-state index is -4.55. The molecule has 2 aromatic carbocycles. The van der Waals surface area contributed by atoms with Crippen LogP contribution in [-0.4, -0.2) is 73.6 Å². The van der Waals surface area contributed by atoms with E-state index in [1.807, 2.05) is 0 Å². The van der Waals surface area contributed by atoms with Gasteiger partial charge >= 0.3 is 6.18 Å². The number of hydrogen-bond acceptors (Lipinski definition) is 7. The summed E-state index contributed by atoms with van der Waals surface area (Å²) >= 11 is 0. The summed E-state index contributed by atoms with van der Waals surface area (Å²) in [7, 11) is 1.57. The van der Waals surface area contributed by atoms with Gasteiger partial charge in [-0.1, -0.05) is 42.5 Å². The highest BCUT2D eigenvalue weighted by atomic mass is 19.4. The van der Waals surface area contributed by atoms with Crippen molar-refractivity contribution >= 4 is 28.7 Å². The number of likely N-dealkylation sites (tertiary alicyclic amines) is 1. The predicted octanol–water partition coefficient (Wildman–Crippen LogP) is 7.37. The summed E-state index contributed by atoms with van der Waals surface area (Å²) in [5, 5.41) is 13.6. The van der Waals surface area contributed by atoms with E-state index in [1.165, 1.54) is 18.3 Å². The molecule has 0 radical (unpaired) electrons. The monoisotopic (exact) mass is 679 g/mol. The summed E-state index contributed by atoms with van der Waals surface area (Å²) in [6, 6.07) is 16.2. The molecule has 2 aliphatic rings. The third-order valence-corrected chi connectivity index (χ3v) is 8.50. The van der Waals surface area contributed by atoms with Crippen LogP contribution in [0.1, 0.15) is 60.8 Å². The molecule has 5 rings (SSSR count). The minimum Gasteiger partial charge on any atom is -0.473 e. The van der Waals surface area contributed by atoms with Crippen LogP contribution in [0, 0.1) is 5.41 Å². The van der Waals surface area contributed by atoms with E-state index in [0.29, 0.717) is 54.4 Å². The first kappa shape index (κ1) is 35.7. The predicted molar refractivity (Wildman–Crippen MR) is 182 cm³/mol. The molecule has 3 aromatic rings. The number of nitrogens with one attached hydrogen (secondary N) is 3. The maximum Gasteiger partial charge on any atom is 0.393 e. The molecule has 3 N–H and O–H groups in total. The number of nitrogens with zero attached hydrogens (tertiary/aromatic N) is 2. The van der Waals surface area contributed by atoms with Crippen molar-refractivity contribution in [2.45, 2.75) is 57.0 Å². The van der Waals surface area contributed by atoms with Gasteiger partial charge in [-0.25, -0.2) is 4.98 Å². The van der Waals surface area contributed by atoms with Crippen LogP contribution in [0.15, 0.2) is 79.0 Å². The van der Waals surface area contributed by atoms with Crippen LogP contribution in [-0.2, 0) is 9.53 Å². The Morgan fingerprint density at radius 2 is 1.86 bits per heavy atom. The van der Waals surface area contributed by atoms with Gasteiger partial charge in [-0.2, -0.15) is 17.6 Å². The molecule has 2 aliphatic heterocycles. The Morgan fingerprint density at radius 3 is 2.53 bits per heavy atom. The fourth-order valence-corrected chi connectivity index (χ4v) is 6.16. The molecular weight excluding hydrogens is 638 g/mol. The average molecular weight is 680 g/mol. The zero-order valence-corrected chi connectivity index (χ0v) is 27.4. The van der Waals surface area contributed by atoms with Crippen LogP contribution in [0.3, 0.4) is 0 Å². The number of hydrogen-bond donors (Lipinski definition) is 3. The second-order valence-corrected chi connectivity index (χ2v) is 12.1. The van der Waals surface area contributed by atoms with Gasteiger partial charge in [0.15, 0.2) is 0 Å². The zero-order valence-electron chi connectivity index (χ0n) is 27.4. The van der Waals surface area contributed by atoms with Gasteiger partial charge in [0.25, 0.3) is 0 Å². The SMILES string of the molecule is CNC(=O)/C=C/CN1CCC[C@@H](Oc2ccc(/C(=C(/CC(F)(F)F)c3ccccc3)c3ccc(NC4CCCCO4)c(C(=N)F)c3)cn2)C1. The Morgan fingerprint density at radius 1 is 1.06 bits per heavy atom. The van der Waals surface area contributed by atoms with Crippen LogP contribution in [0.2, 0.25) is 0 Å². The number of halogens is 4. The second-order valence-electron chi connectivity index (χ2n) is 12.1. The Kier molecular flexibility index (Phi) is 12.2. The number of aromatic nitrogens is 1. The number of likely N-dealkylation sites (N-methyl/N-ethyl adjacent to an activating group) is 1. The zero-order chi connectivity index (χ0) is 34.8. The number of ether oxygens (including phenoxy) is 2. The van der Waals surface area contributed by atoms with Crippen molar-refractivity contribution in [2.24, 2.45) is 0 Å². The molecule has 2 saturated heterocycles. The number of benzene rings is 2. The number of allylic oxidation sites excluding steroid dienone is 1. The number of carbonyl (C=O) groups excluding carboxylic acids is 1. The summed E-state index contributed by atoms with van der Waals surface area (Å²) in [4.78, 5) is 18.2. The summed E-state index contributed by atoms with van der Waals surface area (Å²) in [5.41, 5.74) is 1.50. The number of rotatable bonds is 12. The lowest BCUT2D eigenvalue weighted by Crippen LogP contribution is -2.41. The molecule has 2 fully saturated rings. The van der Waals surface area contributed by atoms with E-state index in [1.54, 1.807) is 67.7 Å². The Balaban J connectivity index is 1.48. The van der Waals surface area contributed by atoms with Crippen LogP contribution in [0.25, 0.3) is 11.1 Å². The summed E-state index contributed by atoms with van der Waals surface area (Å²) in [6.07, 6.45) is 2.73. The van der Waals surface area contributed by atoms with Gasteiger partial charge in [0.1, 0.15) is 12.3 Å². The first-order valence-electron chi connectivity index (χ1n) is 16.5. The highest BCUT2D eigenvalue weighted by Crippen LogP contribution is 2.40. The highest BCUT2D eigenvalue weighted by Gasteiger charge is 2.32. The van der Waals surface area contributed by atoms with E-state index >= 15 is 0 Å². The number of anilines is 1. The van der Waals surface area contributed by atoms with Crippen LogP contribution >= 0.6 is 0 Å². The molecule has 3 heterocycles. The molecule has 0 saturated carbocycles. The average Bonchev–Trinajstić information content (AvgIpc) is 3.09. The molecule has 2 atom stereocenters. The van der Waals surface area contributed by atoms with E-state index in [9.17, 15) is 22.4 Å². The lowest BCUT2D eigenvalue weighted by molar-refractivity contribution is -0.123. The molecule has 260 valence electrons. The van der Waals surface area contributed by atoms with Crippen LogP contribution < -0.4 is 15.4 Å². The molecule has 1 unspecified atom stereocenters. The van der Waals surface area contributed by atoms with Crippen LogP contribution in [0.5, 0.6) is 5.88 Å². The molecule has 0 bridgehead atoms. The third kappa shape index (κ3) is 10.2. The number of amides is 1. The quantitative estimate of drug-likeness (QED) is 0.0801. The normalized spacial score (nSPS) is 19.3. The number of carbonyl (C=O) groups is 1. The van der Waals surface area contributed by atoms with E-state index < -0.39 is 18.6 Å². The maximum absolute atomic E-state index is 14.8. The molecule has 49 heavy (non-hydrogen) atoms. The lowest BCUT2D eigenvalue weighted by atomic mass is 9.87. The highest BCUT2D eigenvalue weighted by molar-refractivity contribution is 6.02. The van der Waals surface area contributed by atoms with Crippen molar-refractivity contribution in [3.05, 3.63) is 101 Å². The molecular formula is C37H41F4N5O3. The van der Waals surface area contributed by atoms with Crippen LogP contribution in [0.4, 0.5) is 23.2 Å². The lowest BCUT2D eigenvalue weighted by Gasteiger charge is -2.31. The van der Waals surface area contributed by atoms with E-state index in [0.717, 1.165) is 32.2 Å². The fourth-order valence-electron chi connectivity index (χ4n) is 6.16. The Labute approximate surface area is 283 Å². The van der Waals surface area contributed by atoms with Gasteiger partial charge in [0.05, 0.1) is 12.0 Å². The van der Waals surface area contributed by atoms with Gasteiger partial charge in [0, 0.05) is 56.3 Å². The molecule has 1 aromatic heterocycles. The number of pyridine rings is 1. The van der Waals surface area contributed by atoms with Crippen molar-refractivity contribution in [1.29, 1.82) is 5.41 Å². The summed E-state index contributed by atoms with van der Waals surface area (Å²) in [5.74, 6) is -1.07. The largest absolute Gasteiger partial charge is 0.473 e. The topological polar surface area (TPSA) is 99.6 Å². The van der Waals surface area contributed by atoms with Gasteiger partial charge in [-0.15, -0.1) is 0 Å². The molecule has 1 amide bonds.